The Hall–Kier alpha value is -2.22. The van der Waals surface area contributed by atoms with Crippen molar-refractivity contribution < 1.29 is 29.7 Å². The summed E-state index contributed by atoms with van der Waals surface area (Å²) in [5, 5.41) is 28.4. The van der Waals surface area contributed by atoms with Gasteiger partial charge >= 0.3 is 5.97 Å². The van der Waals surface area contributed by atoms with Gasteiger partial charge < -0.3 is 15.3 Å². The van der Waals surface area contributed by atoms with Crippen molar-refractivity contribution in [2.45, 2.75) is 25.3 Å². The van der Waals surface area contributed by atoms with Gasteiger partial charge in [-0.05, 0) is 36.5 Å². The number of phenolic OH excluding ortho intramolecular Hbond substituents is 2. The fourth-order valence-electron chi connectivity index (χ4n) is 2.79. The molecule has 3 N–H and O–H groups in total. The van der Waals surface area contributed by atoms with Gasteiger partial charge in [0.15, 0.2) is 0 Å². The summed E-state index contributed by atoms with van der Waals surface area (Å²) in [4.78, 5) is 36.9. The molecule has 2 amide bonds. The second kappa shape index (κ2) is 7.57. The minimum absolute atomic E-state index is 0.0812. The average molecular weight is 353 g/mol. The summed E-state index contributed by atoms with van der Waals surface area (Å²) in [5.41, 5.74) is 0.428. The summed E-state index contributed by atoms with van der Waals surface area (Å²) in [6, 6.07) is 2.86. The van der Waals surface area contributed by atoms with Gasteiger partial charge in [-0.25, -0.2) is 4.79 Å². The fraction of sp³-hybridized carbons (Fsp3) is 0.438. The van der Waals surface area contributed by atoms with Crippen LogP contribution in [0.3, 0.4) is 0 Å². The molecule has 24 heavy (non-hydrogen) atoms. The Morgan fingerprint density at radius 3 is 2.67 bits per heavy atom. The highest BCUT2D eigenvalue weighted by molar-refractivity contribution is 7.98. The molecule has 1 aliphatic heterocycles. The van der Waals surface area contributed by atoms with Crippen molar-refractivity contribution in [3.63, 3.8) is 0 Å². The standard InChI is InChI=1S/C16H19NO6S/c1-24-5-4-12(16(22)23)17-14(20)7-10(15(17)21)6-9-2-3-11(18)8-13(9)19/h2-3,8,10,12,18-19H,4-7H2,1H3,(H,22,23). The second-order valence-corrected chi connectivity index (χ2v) is 6.64. The number of carboxylic acid groups (broad SMARTS) is 1. The smallest absolute Gasteiger partial charge is 0.326 e. The van der Waals surface area contributed by atoms with Gasteiger partial charge in [0.05, 0.1) is 5.92 Å². The van der Waals surface area contributed by atoms with Gasteiger partial charge in [-0.15, -0.1) is 0 Å². The SMILES string of the molecule is CSCCC(C(=O)O)N1C(=O)CC(Cc2ccc(O)cc2O)C1=O. The molecule has 1 aromatic carbocycles. The summed E-state index contributed by atoms with van der Waals surface area (Å²) in [7, 11) is 0. The van der Waals surface area contributed by atoms with E-state index in [9.17, 15) is 29.7 Å². The first-order valence-electron chi connectivity index (χ1n) is 7.43. The Balaban J connectivity index is 2.16. The van der Waals surface area contributed by atoms with Crippen molar-refractivity contribution >= 4 is 29.5 Å². The lowest BCUT2D eigenvalue weighted by Gasteiger charge is -2.22. The Bertz CT molecular complexity index is 662. The first kappa shape index (κ1) is 18.1. The summed E-state index contributed by atoms with van der Waals surface area (Å²) >= 11 is 1.45. The van der Waals surface area contributed by atoms with Crippen LogP contribution < -0.4 is 0 Å². The number of carbonyl (C=O) groups excluding carboxylic acids is 2. The number of hydrogen-bond acceptors (Lipinski definition) is 6. The lowest BCUT2D eigenvalue weighted by molar-refractivity contribution is -0.154. The topological polar surface area (TPSA) is 115 Å². The summed E-state index contributed by atoms with van der Waals surface area (Å²) in [6.07, 6.45) is 2.05. The number of likely N-dealkylation sites (tertiary alicyclic amines) is 1. The number of aromatic hydroxyl groups is 2. The quantitative estimate of drug-likeness (QED) is 0.631. The molecule has 1 aromatic rings. The van der Waals surface area contributed by atoms with Crippen LogP contribution in [0.5, 0.6) is 11.5 Å². The number of carboxylic acids is 1. The third-order valence-corrected chi connectivity index (χ3v) is 4.65. The van der Waals surface area contributed by atoms with Crippen LogP contribution in [0.25, 0.3) is 0 Å². The van der Waals surface area contributed by atoms with E-state index in [0.29, 0.717) is 11.3 Å². The van der Waals surface area contributed by atoms with Crippen molar-refractivity contribution in [1.82, 2.24) is 4.90 Å². The van der Waals surface area contributed by atoms with E-state index in [-0.39, 0.29) is 30.8 Å². The van der Waals surface area contributed by atoms with Gasteiger partial charge in [0, 0.05) is 12.5 Å². The van der Waals surface area contributed by atoms with E-state index in [1.807, 2.05) is 6.26 Å². The fourth-order valence-corrected chi connectivity index (χ4v) is 3.24. The minimum Gasteiger partial charge on any atom is -0.508 e. The zero-order chi connectivity index (χ0) is 17.9. The molecule has 130 valence electrons. The molecule has 0 bridgehead atoms. The van der Waals surface area contributed by atoms with E-state index in [1.54, 1.807) is 0 Å². The van der Waals surface area contributed by atoms with Crippen LogP contribution in [0.1, 0.15) is 18.4 Å². The first-order chi connectivity index (χ1) is 11.3. The van der Waals surface area contributed by atoms with E-state index >= 15 is 0 Å². The first-order valence-corrected chi connectivity index (χ1v) is 8.83. The maximum Gasteiger partial charge on any atom is 0.326 e. The Kier molecular flexibility index (Phi) is 5.71. The third kappa shape index (κ3) is 3.81. The van der Waals surface area contributed by atoms with E-state index in [0.717, 1.165) is 11.0 Å². The monoisotopic (exact) mass is 353 g/mol. The third-order valence-electron chi connectivity index (χ3n) is 4.00. The highest BCUT2D eigenvalue weighted by Gasteiger charge is 2.44. The van der Waals surface area contributed by atoms with Gasteiger partial charge in [0.1, 0.15) is 17.5 Å². The molecule has 0 saturated carbocycles. The number of thioether (sulfide) groups is 1. The number of hydrogen-bond donors (Lipinski definition) is 3. The van der Waals surface area contributed by atoms with Crippen LogP contribution in [0, 0.1) is 5.92 Å². The number of benzene rings is 1. The molecule has 2 rings (SSSR count). The molecular formula is C16H19NO6S. The molecule has 0 aliphatic carbocycles. The molecule has 1 aliphatic rings. The van der Waals surface area contributed by atoms with Crippen molar-refractivity contribution in [3.05, 3.63) is 23.8 Å². The van der Waals surface area contributed by atoms with Crippen LogP contribution in [-0.2, 0) is 20.8 Å². The number of imide groups is 1. The Morgan fingerprint density at radius 1 is 1.38 bits per heavy atom. The number of amides is 2. The lowest BCUT2D eigenvalue weighted by atomic mass is 9.97. The van der Waals surface area contributed by atoms with Crippen molar-refractivity contribution in [2.24, 2.45) is 5.92 Å². The molecule has 2 atom stereocenters. The molecule has 0 spiro atoms. The van der Waals surface area contributed by atoms with Gasteiger partial charge in [0.2, 0.25) is 11.8 Å². The van der Waals surface area contributed by atoms with Crippen LogP contribution in [-0.4, -0.2) is 56.1 Å². The van der Waals surface area contributed by atoms with Gasteiger partial charge in [-0.1, -0.05) is 6.07 Å². The zero-order valence-electron chi connectivity index (χ0n) is 13.1. The van der Waals surface area contributed by atoms with Crippen molar-refractivity contribution in [3.8, 4) is 11.5 Å². The molecule has 1 heterocycles. The molecular weight excluding hydrogens is 334 g/mol. The average Bonchev–Trinajstić information content (AvgIpc) is 2.78. The largest absolute Gasteiger partial charge is 0.508 e. The van der Waals surface area contributed by atoms with Crippen LogP contribution in [0.2, 0.25) is 0 Å². The summed E-state index contributed by atoms with van der Waals surface area (Å²) in [6.45, 7) is 0. The molecule has 0 aromatic heterocycles. The minimum atomic E-state index is -1.20. The molecule has 8 heteroatoms. The van der Waals surface area contributed by atoms with Crippen molar-refractivity contribution in [2.75, 3.05) is 12.0 Å². The number of carbonyl (C=O) groups is 3. The lowest BCUT2D eigenvalue weighted by Crippen LogP contribution is -2.45. The number of aliphatic carboxylic acids is 1. The normalized spacial score (nSPS) is 18.9. The highest BCUT2D eigenvalue weighted by atomic mass is 32.2. The molecule has 1 fully saturated rings. The molecule has 2 unspecified atom stereocenters. The Morgan fingerprint density at radius 2 is 2.08 bits per heavy atom. The van der Waals surface area contributed by atoms with Crippen LogP contribution >= 0.6 is 11.8 Å². The number of rotatable bonds is 7. The summed E-state index contributed by atoms with van der Waals surface area (Å²) in [5.74, 6) is -2.67. The van der Waals surface area contributed by atoms with E-state index < -0.39 is 29.7 Å². The second-order valence-electron chi connectivity index (χ2n) is 5.66. The predicted molar refractivity (Wildman–Crippen MR) is 87.9 cm³/mol. The molecule has 0 radical (unpaired) electrons. The maximum atomic E-state index is 12.5. The van der Waals surface area contributed by atoms with Crippen molar-refractivity contribution in [1.29, 1.82) is 0 Å². The Labute approximate surface area is 143 Å². The number of phenols is 2. The van der Waals surface area contributed by atoms with Gasteiger partial charge in [0.25, 0.3) is 0 Å². The van der Waals surface area contributed by atoms with Crippen LogP contribution in [0.15, 0.2) is 18.2 Å². The highest BCUT2D eigenvalue weighted by Crippen LogP contribution is 2.31. The number of nitrogens with zero attached hydrogens (tertiary/aromatic N) is 1. The predicted octanol–water partition coefficient (Wildman–Crippen LogP) is 1.22. The van der Waals surface area contributed by atoms with Crippen LogP contribution in [0.4, 0.5) is 0 Å². The van der Waals surface area contributed by atoms with E-state index in [2.05, 4.69) is 0 Å². The summed E-state index contributed by atoms with van der Waals surface area (Å²) < 4.78 is 0. The maximum absolute atomic E-state index is 12.5. The van der Waals surface area contributed by atoms with Gasteiger partial charge in [-0.2, -0.15) is 11.8 Å². The zero-order valence-corrected chi connectivity index (χ0v) is 14.0. The molecule has 1 saturated heterocycles. The van der Waals surface area contributed by atoms with E-state index in [1.165, 1.54) is 23.9 Å². The van der Waals surface area contributed by atoms with E-state index in [4.69, 9.17) is 0 Å². The molecule has 7 nitrogen and oxygen atoms in total. The van der Waals surface area contributed by atoms with Gasteiger partial charge in [-0.3, -0.25) is 14.5 Å².